The summed E-state index contributed by atoms with van der Waals surface area (Å²) in [7, 11) is 0. The van der Waals surface area contributed by atoms with Gasteiger partial charge >= 0.3 is 0 Å². The molecule has 6 nitrogen and oxygen atoms in total. The highest BCUT2D eigenvalue weighted by atomic mass is 35.5. The van der Waals surface area contributed by atoms with E-state index in [1.807, 2.05) is 60.4 Å². The molecule has 1 aliphatic heterocycles. The van der Waals surface area contributed by atoms with Crippen molar-refractivity contribution in [1.29, 1.82) is 0 Å². The number of rotatable bonds is 6. The lowest BCUT2D eigenvalue weighted by molar-refractivity contribution is -0.122. The highest BCUT2D eigenvalue weighted by Gasteiger charge is 2.23. The van der Waals surface area contributed by atoms with Gasteiger partial charge in [-0.1, -0.05) is 41.4 Å². The van der Waals surface area contributed by atoms with Crippen molar-refractivity contribution < 1.29 is 14.3 Å². The summed E-state index contributed by atoms with van der Waals surface area (Å²) in [4.78, 5) is 29.6. The topological polar surface area (TPSA) is 61.9 Å². The number of carbonyl (C=O) groups is 2. The van der Waals surface area contributed by atoms with Crippen molar-refractivity contribution in [3.05, 3.63) is 87.9 Å². The molecule has 2 amide bonds. The first kappa shape index (κ1) is 24.9. The lowest BCUT2D eigenvalue weighted by atomic mass is 10.1. The Morgan fingerprint density at radius 3 is 2.29 bits per heavy atom. The summed E-state index contributed by atoms with van der Waals surface area (Å²) in [5, 5.41) is 3.71. The van der Waals surface area contributed by atoms with E-state index in [-0.39, 0.29) is 11.8 Å². The quantitative estimate of drug-likeness (QED) is 0.463. The molecule has 0 aromatic heterocycles. The van der Waals surface area contributed by atoms with E-state index in [2.05, 4.69) is 10.2 Å². The van der Waals surface area contributed by atoms with Gasteiger partial charge < -0.3 is 19.9 Å². The number of halogens is 2. The van der Waals surface area contributed by atoms with Crippen LogP contribution < -0.4 is 15.0 Å². The zero-order chi connectivity index (χ0) is 24.9. The van der Waals surface area contributed by atoms with Gasteiger partial charge in [0.05, 0.1) is 5.02 Å². The van der Waals surface area contributed by atoms with E-state index in [1.165, 1.54) is 0 Å². The zero-order valence-corrected chi connectivity index (χ0v) is 21.1. The fraction of sp³-hybridized carbons (Fsp3) is 0.259. The van der Waals surface area contributed by atoms with Crippen molar-refractivity contribution in [3.8, 4) is 5.75 Å². The Bertz CT molecular complexity index is 1210. The van der Waals surface area contributed by atoms with Crippen LogP contribution in [0, 0.1) is 6.92 Å². The van der Waals surface area contributed by atoms with Crippen LogP contribution in [0.5, 0.6) is 5.75 Å². The average Bonchev–Trinajstić information content (AvgIpc) is 2.86. The number of anilines is 2. The number of amides is 2. The summed E-state index contributed by atoms with van der Waals surface area (Å²) in [6.07, 6.45) is -0.743. The van der Waals surface area contributed by atoms with E-state index < -0.39 is 6.10 Å². The molecule has 1 atom stereocenters. The molecule has 0 bridgehead atoms. The van der Waals surface area contributed by atoms with Crippen molar-refractivity contribution >= 4 is 46.4 Å². The Balaban J connectivity index is 1.30. The molecule has 1 saturated heterocycles. The number of hydrogen-bond donors (Lipinski definition) is 1. The Morgan fingerprint density at radius 2 is 1.63 bits per heavy atom. The number of hydrogen-bond acceptors (Lipinski definition) is 4. The van der Waals surface area contributed by atoms with Gasteiger partial charge in [-0.3, -0.25) is 9.59 Å². The molecule has 1 aliphatic rings. The SMILES string of the molecule is Cc1ccccc1C(=O)N1CCN(c2ccc(NC(=O)C(C)Oc3ccc(Cl)cc3Cl)cc2)CC1. The van der Waals surface area contributed by atoms with Crippen LogP contribution in [0.25, 0.3) is 0 Å². The molecule has 0 saturated carbocycles. The van der Waals surface area contributed by atoms with Gasteiger partial charge in [-0.2, -0.15) is 0 Å². The molecular weight excluding hydrogens is 485 g/mol. The third-order valence-electron chi connectivity index (χ3n) is 6.01. The van der Waals surface area contributed by atoms with Crippen LogP contribution in [0.4, 0.5) is 11.4 Å². The largest absolute Gasteiger partial charge is 0.479 e. The van der Waals surface area contributed by atoms with E-state index in [4.69, 9.17) is 27.9 Å². The molecule has 1 fully saturated rings. The van der Waals surface area contributed by atoms with Gasteiger partial charge in [-0.05, 0) is 67.9 Å². The predicted octanol–water partition coefficient (Wildman–Crippen LogP) is 5.67. The summed E-state index contributed by atoms with van der Waals surface area (Å²) in [6, 6.07) is 20.2. The first-order valence-corrected chi connectivity index (χ1v) is 12.2. The Hall–Kier alpha value is -3.22. The Kier molecular flexibility index (Phi) is 7.83. The fourth-order valence-electron chi connectivity index (χ4n) is 3.97. The number of piperazine rings is 1. The maximum absolute atomic E-state index is 12.9. The summed E-state index contributed by atoms with van der Waals surface area (Å²) < 4.78 is 5.68. The predicted molar refractivity (Wildman–Crippen MR) is 141 cm³/mol. The lowest BCUT2D eigenvalue weighted by Crippen LogP contribution is -2.48. The van der Waals surface area contributed by atoms with Crippen LogP contribution >= 0.6 is 23.2 Å². The summed E-state index contributed by atoms with van der Waals surface area (Å²) in [6.45, 7) is 6.43. The third kappa shape index (κ3) is 6.08. The van der Waals surface area contributed by atoms with Crippen LogP contribution in [0.3, 0.4) is 0 Å². The van der Waals surface area contributed by atoms with E-state index in [0.29, 0.717) is 34.6 Å². The third-order valence-corrected chi connectivity index (χ3v) is 6.54. The van der Waals surface area contributed by atoms with Crippen molar-refractivity contribution in [1.82, 2.24) is 4.90 Å². The first-order chi connectivity index (χ1) is 16.8. The Labute approximate surface area is 215 Å². The van der Waals surface area contributed by atoms with Crippen LogP contribution in [0.15, 0.2) is 66.7 Å². The molecular formula is C27H27Cl2N3O3. The van der Waals surface area contributed by atoms with Crippen molar-refractivity contribution in [3.63, 3.8) is 0 Å². The van der Waals surface area contributed by atoms with Crippen molar-refractivity contribution in [2.24, 2.45) is 0 Å². The molecule has 3 aromatic rings. The number of aryl methyl sites for hydroxylation is 1. The fourth-order valence-corrected chi connectivity index (χ4v) is 4.42. The summed E-state index contributed by atoms with van der Waals surface area (Å²) in [5.41, 5.74) is 3.47. The standard InChI is InChI=1S/C27H27Cl2N3O3/c1-18-5-3-4-6-23(18)27(34)32-15-13-31(14-16-32)22-10-8-21(9-11-22)30-26(33)19(2)35-25-12-7-20(28)17-24(25)29/h3-12,17,19H,13-16H2,1-2H3,(H,30,33). The molecule has 182 valence electrons. The normalized spacial score (nSPS) is 14.4. The summed E-state index contributed by atoms with van der Waals surface area (Å²) >= 11 is 12.0. The van der Waals surface area contributed by atoms with Gasteiger partial charge in [0.1, 0.15) is 5.75 Å². The van der Waals surface area contributed by atoms with Crippen LogP contribution in [0.1, 0.15) is 22.8 Å². The van der Waals surface area contributed by atoms with Crippen molar-refractivity contribution in [2.75, 3.05) is 36.4 Å². The van der Waals surface area contributed by atoms with Gasteiger partial charge in [0.25, 0.3) is 11.8 Å². The van der Waals surface area contributed by atoms with Crippen LogP contribution in [0.2, 0.25) is 10.0 Å². The van der Waals surface area contributed by atoms with Crippen molar-refractivity contribution in [2.45, 2.75) is 20.0 Å². The molecule has 35 heavy (non-hydrogen) atoms. The lowest BCUT2D eigenvalue weighted by Gasteiger charge is -2.36. The van der Waals surface area contributed by atoms with E-state index in [0.717, 1.165) is 29.9 Å². The van der Waals surface area contributed by atoms with Gasteiger partial charge in [0.15, 0.2) is 6.10 Å². The number of carbonyl (C=O) groups excluding carboxylic acids is 2. The number of benzene rings is 3. The highest BCUT2D eigenvalue weighted by Crippen LogP contribution is 2.28. The molecule has 0 aliphatic carbocycles. The Morgan fingerprint density at radius 1 is 0.943 bits per heavy atom. The number of nitrogens with zero attached hydrogens (tertiary/aromatic N) is 2. The zero-order valence-electron chi connectivity index (χ0n) is 19.6. The molecule has 1 N–H and O–H groups in total. The van der Waals surface area contributed by atoms with Gasteiger partial charge in [-0.15, -0.1) is 0 Å². The molecule has 4 rings (SSSR count). The van der Waals surface area contributed by atoms with Crippen LogP contribution in [-0.4, -0.2) is 49.0 Å². The second-order valence-corrected chi connectivity index (χ2v) is 9.31. The molecule has 1 unspecified atom stereocenters. The number of nitrogens with one attached hydrogen (secondary N) is 1. The van der Waals surface area contributed by atoms with Gasteiger partial charge in [0.2, 0.25) is 0 Å². The molecule has 0 radical (unpaired) electrons. The molecule has 8 heteroatoms. The van der Waals surface area contributed by atoms with E-state index >= 15 is 0 Å². The molecule has 3 aromatic carbocycles. The van der Waals surface area contributed by atoms with Crippen LogP contribution in [-0.2, 0) is 4.79 Å². The molecule has 0 spiro atoms. The average molecular weight is 512 g/mol. The van der Waals surface area contributed by atoms with Gasteiger partial charge in [-0.25, -0.2) is 0 Å². The smallest absolute Gasteiger partial charge is 0.265 e. The second kappa shape index (κ2) is 11.0. The molecule has 1 heterocycles. The monoisotopic (exact) mass is 511 g/mol. The minimum absolute atomic E-state index is 0.0806. The minimum atomic E-state index is -0.743. The highest BCUT2D eigenvalue weighted by molar-refractivity contribution is 6.35. The first-order valence-electron chi connectivity index (χ1n) is 11.4. The minimum Gasteiger partial charge on any atom is -0.479 e. The summed E-state index contributed by atoms with van der Waals surface area (Å²) in [5.74, 6) is 0.193. The maximum atomic E-state index is 12.9. The van der Waals surface area contributed by atoms with Gasteiger partial charge in [0, 0.05) is 48.1 Å². The van der Waals surface area contributed by atoms with E-state index in [9.17, 15) is 9.59 Å². The number of ether oxygens (including phenoxy) is 1. The van der Waals surface area contributed by atoms with E-state index in [1.54, 1.807) is 25.1 Å². The maximum Gasteiger partial charge on any atom is 0.265 e. The second-order valence-electron chi connectivity index (χ2n) is 8.47.